The van der Waals surface area contributed by atoms with Gasteiger partial charge in [-0.1, -0.05) is 29.8 Å². The quantitative estimate of drug-likeness (QED) is 0.255. The second kappa shape index (κ2) is 18.3. The molecule has 0 amide bonds. The van der Waals surface area contributed by atoms with Gasteiger partial charge in [-0.3, -0.25) is 0 Å². The number of hydrogen-bond acceptors (Lipinski definition) is 7. The van der Waals surface area contributed by atoms with Crippen molar-refractivity contribution in [2.24, 2.45) is 0 Å². The molecule has 0 unspecified atom stereocenters. The Kier molecular flexibility index (Phi) is 15.3. The van der Waals surface area contributed by atoms with Gasteiger partial charge in [-0.15, -0.1) is 0 Å². The van der Waals surface area contributed by atoms with E-state index in [1.54, 1.807) is 7.11 Å². The van der Waals surface area contributed by atoms with Crippen LogP contribution in [0, 0.1) is 20.8 Å². The summed E-state index contributed by atoms with van der Waals surface area (Å²) in [5.41, 5.74) is 6.10. The van der Waals surface area contributed by atoms with Crippen molar-refractivity contribution in [1.82, 2.24) is 0 Å². The van der Waals surface area contributed by atoms with Crippen LogP contribution in [0.25, 0.3) is 11.1 Å². The van der Waals surface area contributed by atoms with Crippen LogP contribution in [0.5, 0.6) is 5.75 Å². The van der Waals surface area contributed by atoms with Crippen molar-refractivity contribution in [3.05, 3.63) is 53.1 Å². The Morgan fingerprint density at radius 2 is 1.03 bits per heavy atom. The molecule has 2 rings (SSSR count). The van der Waals surface area contributed by atoms with Gasteiger partial charge in [0.05, 0.1) is 72.7 Å². The molecule has 0 heterocycles. The summed E-state index contributed by atoms with van der Waals surface area (Å²) < 4.78 is 38.1. The van der Waals surface area contributed by atoms with Crippen molar-refractivity contribution >= 4 is 0 Å². The maximum absolute atomic E-state index is 5.93. The Morgan fingerprint density at radius 1 is 0.514 bits per heavy atom. The van der Waals surface area contributed by atoms with Gasteiger partial charge in [0.15, 0.2) is 0 Å². The van der Waals surface area contributed by atoms with Crippen molar-refractivity contribution in [3.8, 4) is 16.9 Å². The third-order valence-electron chi connectivity index (χ3n) is 5.17. The zero-order valence-electron chi connectivity index (χ0n) is 21.8. The van der Waals surface area contributed by atoms with E-state index in [1.807, 2.05) is 0 Å². The maximum Gasteiger partial charge on any atom is 0.120 e. The standard InChI is InChI=1S/C28H42O7/c1-23-5-6-25(3)28(21-23)26-19-24(2)20-27(22-26)35-18-17-34-16-15-33-14-13-32-12-11-31-10-9-30-8-7-29-4/h5-6,19-22H,7-18H2,1-4H3. The van der Waals surface area contributed by atoms with Gasteiger partial charge in [-0.2, -0.15) is 0 Å². The first-order valence-electron chi connectivity index (χ1n) is 12.3. The van der Waals surface area contributed by atoms with E-state index < -0.39 is 0 Å². The molecule has 7 nitrogen and oxygen atoms in total. The van der Waals surface area contributed by atoms with Crippen LogP contribution < -0.4 is 4.74 Å². The number of hydrogen-bond donors (Lipinski definition) is 0. The summed E-state index contributed by atoms with van der Waals surface area (Å²) in [5.74, 6) is 0.862. The minimum Gasteiger partial charge on any atom is -0.491 e. The molecule has 2 aromatic rings. The number of methoxy groups -OCH3 is 1. The lowest BCUT2D eigenvalue weighted by atomic mass is 9.97. The second-order valence-electron chi connectivity index (χ2n) is 8.26. The normalized spacial score (nSPS) is 11.2. The molecule has 0 saturated heterocycles. The lowest BCUT2D eigenvalue weighted by Gasteiger charge is -2.12. The monoisotopic (exact) mass is 490 g/mol. The largest absolute Gasteiger partial charge is 0.491 e. The van der Waals surface area contributed by atoms with Crippen LogP contribution in [0.3, 0.4) is 0 Å². The Labute approximate surface area is 210 Å². The van der Waals surface area contributed by atoms with Crippen molar-refractivity contribution in [1.29, 1.82) is 0 Å². The van der Waals surface area contributed by atoms with Crippen LogP contribution in [-0.2, 0) is 28.4 Å². The number of aryl methyl sites for hydroxylation is 3. The topological polar surface area (TPSA) is 64.6 Å². The molecule has 0 spiro atoms. The van der Waals surface area contributed by atoms with Gasteiger partial charge >= 0.3 is 0 Å². The van der Waals surface area contributed by atoms with Crippen molar-refractivity contribution in [3.63, 3.8) is 0 Å². The predicted molar refractivity (Wildman–Crippen MR) is 138 cm³/mol. The van der Waals surface area contributed by atoms with E-state index in [9.17, 15) is 0 Å². The van der Waals surface area contributed by atoms with E-state index >= 15 is 0 Å². The van der Waals surface area contributed by atoms with Crippen molar-refractivity contribution < 1.29 is 33.2 Å². The first kappa shape index (κ1) is 29.2. The summed E-state index contributed by atoms with van der Waals surface area (Å²) in [7, 11) is 1.65. The van der Waals surface area contributed by atoms with E-state index in [0.717, 1.165) is 5.75 Å². The zero-order chi connectivity index (χ0) is 25.1. The number of ether oxygens (including phenoxy) is 7. The first-order chi connectivity index (χ1) is 17.1. The van der Waals surface area contributed by atoms with Gasteiger partial charge in [0, 0.05) is 7.11 Å². The molecule has 0 bridgehead atoms. The van der Waals surface area contributed by atoms with Gasteiger partial charge in [0.25, 0.3) is 0 Å². The summed E-state index contributed by atoms with van der Waals surface area (Å²) in [6.07, 6.45) is 0. The van der Waals surface area contributed by atoms with E-state index in [-0.39, 0.29) is 0 Å². The van der Waals surface area contributed by atoms with Crippen LogP contribution in [0.4, 0.5) is 0 Å². The Morgan fingerprint density at radius 3 is 1.57 bits per heavy atom. The van der Waals surface area contributed by atoms with Gasteiger partial charge < -0.3 is 33.2 Å². The fourth-order valence-electron chi connectivity index (χ4n) is 3.38. The van der Waals surface area contributed by atoms with Gasteiger partial charge in [0.2, 0.25) is 0 Å². The summed E-state index contributed by atoms with van der Waals surface area (Å²) in [6.45, 7) is 12.9. The van der Waals surface area contributed by atoms with Crippen molar-refractivity contribution in [2.75, 3.05) is 86.4 Å². The Balaban J connectivity index is 1.46. The average molecular weight is 491 g/mol. The van der Waals surface area contributed by atoms with Gasteiger partial charge in [-0.05, 0) is 55.2 Å². The SMILES string of the molecule is COCCOCCOCCOCCOCCOCCOc1cc(C)cc(-c2cc(C)ccc2C)c1. The lowest BCUT2D eigenvalue weighted by Crippen LogP contribution is -2.14. The Hall–Kier alpha value is -2.00. The van der Waals surface area contributed by atoms with Crippen molar-refractivity contribution in [2.45, 2.75) is 20.8 Å². The molecule has 0 radical (unpaired) electrons. The second-order valence-corrected chi connectivity index (χ2v) is 8.26. The summed E-state index contributed by atoms with van der Waals surface area (Å²) in [6, 6.07) is 12.9. The highest BCUT2D eigenvalue weighted by molar-refractivity contribution is 5.70. The molecule has 0 fully saturated rings. The average Bonchev–Trinajstić information content (AvgIpc) is 2.84. The molecule has 0 aliphatic carbocycles. The third kappa shape index (κ3) is 13.0. The van der Waals surface area contributed by atoms with E-state index in [2.05, 4.69) is 57.2 Å². The van der Waals surface area contributed by atoms with Crippen LogP contribution >= 0.6 is 0 Å². The molecular weight excluding hydrogens is 448 g/mol. The zero-order valence-corrected chi connectivity index (χ0v) is 21.8. The molecule has 2 aromatic carbocycles. The van der Waals surface area contributed by atoms with E-state index in [1.165, 1.54) is 27.8 Å². The fraction of sp³-hybridized carbons (Fsp3) is 0.571. The molecule has 0 aliphatic heterocycles. The third-order valence-corrected chi connectivity index (χ3v) is 5.17. The highest BCUT2D eigenvalue weighted by atomic mass is 16.6. The fourth-order valence-corrected chi connectivity index (χ4v) is 3.38. The van der Waals surface area contributed by atoms with Crippen LogP contribution in [0.15, 0.2) is 36.4 Å². The summed E-state index contributed by atoms with van der Waals surface area (Å²) in [5, 5.41) is 0. The summed E-state index contributed by atoms with van der Waals surface area (Å²) in [4.78, 5) is 0. The molecule has 0 atom stereocenters. The molecule has 7 heteroatoms. The smallest absolute Gasteiger partial charge is 0.120 e. The molecule has 196 valence electrons. The molecule has 0 aliphatic rings. The van der Waals surface area contributed by atoms with Crippen LogP contribution in [0.2, 0.25) is 0 Å². The minimum absolute atomic E-state index is 0.496. The first-order valence-corrected chi connectivity index (χ1v) is 12.3. The highest BCUT2D eigenvalue weighted by Crippen LogP contribution is 2.29. The summed E-state index contributed by atoms with van der Waals surface area (Å²) >= 11 is 0. The lowest BCUT2D eigenvalue weighted by molar-refractivity contribution is -0.0159. The van der Waals surface area contributed by atoms with Gasteiger partial charge in [-0.25, -0.2) is 0 Å². The van der Waals surface area contributed by atoms with E-state index in [4.69, 9.17) is 33.2 Å². The predicted octanol–water partition coefficient (Wildman–Crippen LogP) is 4.39. The molecule has 0 aromatic heterocycles. The molecule has 0 N–H and O–H groups in total. The molecule has 35 heavy (non-hydrogen) atoms. The Bertz CT molecular complexity index is 825. The van der Waals surface area contributed by atoms with Crippen LogP contribution in [-0.4, -0.2) is 86.4 Å². The minimum atomic E-state index is 0.496. The van der Waals surface area contributed by atoms with E-state index in [0.29, 0.717) is 79.3 Å². The molecule has 0 saturated carbocycles. The van der Waals surface area contributed by atoms with Gasteiger partial charge in [0.1, 0.15) is 12.4 Å². The number of rotatable bonds is 20. The maximum atomic E-state index is 5.93. The molecular formula is C28H42O7. The number of benzene rings is 2. The van der Waals surface area contributed by atoms with Crippen LogP contribution in [0.1, 0.15) is 16.7 Å². The highest BCUT2D eigenvalue weighted by Gasteiger charge is 2.06.